The Morgan fingerprint density at radius 1 is 1.05 bits per heavy atom. The Kier molecular flexibility index (Phi) is 5.53. The van der Waals surface area contributed by atoms with Gasteiger partial charge in [0.25, 0.3) is 0 Å². The summed E-state index contributed by atoms with van der Waals surface area (Å²) in [7, 11) is 0. The van der Waals surface area contributed by atoms with Crippen molar-refractivity contribution in [3.8, 4) is 0 Å². The Balaban J connectivity index is 1.45. The number of likely N-dealkylation sites (tertiary alicyclic amines) is 1. The van der Waals surface area contributed by atoms with E-state index < -0.39 is 0 Å². The molecule has 2 aliphatic rings. The van der Waals surface area contributed by atoms with Gasteiger partial charge >= 0.3 is 0 Å². The fourth-order valence-corrected chi connectivity index (χ4v) is 3.55. The maximum Gasteiger partial charge on any atom is 0.0418 e. The van der Waals surface area contributed by atoms with Crippen LogP contribution in [0.4, 0.5) is 5.69 Å². The van der Waals surface area contributed by atoms with Crippen molar-refractivity contribution in [1.29, 1.82) is 0 Å². The topological polar surface area (TPSA) is 27.3 Å². The lowest BCUT2D eigenvalue weighted by Crippen LogP contribution is -2.32. The predicted octanol–water partition coefficient (Wildman–Crippen LogP) is 3.01. The molecule has 3 heteroatoms. The van der Waals surface area contributed by atoms with Crippen LogP contribution in [0.3, 0.4) is 0 Å². The van der Waals surface area contributed by atoms with E-state index in [-0.39, 0.29) is 0 Å². The molecule has 2 N–H and O–H groups in total. The normalized spacial score (nSPS) is 19.6. The smallest absolute Gasteiger partial charge is 0.0418 e. The zero-order valence-corrected chi connectivity index (χ0v) is 13.2. The number of hydrogen-bond acceptors (Lipinski definition) is 3. The van der Waals surface area contributed by atoms with Crippen LogP contribution in [0.2, 0.25) is 0 Å². The number of aryl methyl sites for hydroxylation is 1. The van der Waals surface area contributed by atoms with Crippen LogP contribution in [-0.2, 0) is 13.0 Å². The highest BCUT2D eigenvalue weighted by atomic mass is 15.1. The van der Waals surface area contributed by atoms with Crippen LogP contribution < -0.4 is 10.6 Å². The van der Waals surface area contributed by atoms with Crippen LogP contribution in [0.25, 0.3) is 0 Å². The quantitative estimate of drug-likeness (QED) is 0.815. The number of benzene rings is 1. The number of nitrogens with one attached hydrogen (secondary N) is 2. The summed E-state index contributed by atoms with van der Waals surface area (Å²) >= 11 is 0. The molecule has 3 nitrogen and oxygen atoms in total. The van der Waals surface area contributed by atoms with Crippen LogP contribution in [0.5, 0.6) is 0 Å². The summed E-state index contributed by atoms with van der Waals surface area (Å²) in [5, 5.41) is 7.22. The molecule has 2 aliphatic heterocycles. The molecule has 0 spiro atoms. The van der Waals surface area contributed by atoms with Gasteiger partial charge in [-0.05, 0) is 49.9 Å². The van der Waals surface area contributed by atoms with E-state index in [1.54, 1.807) is 0 Å². The Morgan fingerprint density at radius 2 is 1.90 bits per heavy atom. The molecule has 0 unspecified atom stereocenters. The molecule has 0 amide bonds. The minimum Gasteiger partial charge on any atom is -0.385 e. The SMILES string of the molecule is c1cc2c(c(CNCCN3CCCCCC3)c1)NCCC2. The fraction of sp³-hybridized carbons (Fsp3) is 0.667. The van der Waals surface area contributed by atoms with Crippen LogP contribution in [0, 0.1) is 0 Å². The molecule has 0 aliphatic carbocycles. The van der Waals surface area contributed by atoms with Crippen molar-refractivity contribution in [3.63, 3.8) is 0 Å². The molecule has 1 fully saturated rings. The zero-order valence-electron chi connectivity index (χ0n) is 13.2. The van der Waals surface area contributed by atoms with Gasteiger partial charge in [-0.3, -0.25) is 0 Å². The van der Waals surface area contributed by atoms with E-state index in [2.05, 4.69) is 33.7 Å². The Morgan fingerprint density at radius 3 is 2.76 bits per heavy atom. The number of nitrogens with zero attached hydrogens (tertiary/aromatic N) is 1. The van der Waals surface area contributed by atoms with Gasteiger partial charge in [0.2, 0.25) is 0 Å². The minimum absolute atomic E-state index is 0.990. The molecule has 0 radical (unpaired) electrons. The van der Waals surface area contributed by atoms with Crippen molar-refractivity contribution in [1.82, 2.24) is 10.2 Å². The predicted molar refractivity (Wildman–Crippen MR) is 89.9 cm³/mol. The molecule has 1 aromatic carbocycles. The third-order valence-corrected chi connectivity index (χ3v) is 4.78. The molecule has 1 saturated heterocycles. The first kappa shape index (κ1) is 14.9. The summed E-state index contributed by atoms with van der Waals surface area (Å²) < 4.78 is 0. The fourth-order valence-electron chi connectivity index (χ4n) is 3.55. The molecule has 21 heavy (non-hydrogen) atoms. The highest BCUT2D eigenvalue weighted by molar-refractivity contribution is 5.59. The Hall–Kier alpha value is -1.06. The maximum atomic E-state index is 3.64. The monoisotopic (exact) mass is 287 g/mol. The van der Waals surface area contributed by atoms with Crippen LogP contribution >= 0.6 is 0 Å². The second-order valence-corrected chi connectivity index (χ2v) is 6.41. The van der Waals surface area contributed by atoms with Crippen LogP contribution in [0.15, 0.2) is 18.2 Å². The third-order valence-electron chi connectivity index (χ3n) is 4.78. The van der Waals surface area contributed by atoms with Crippen molar-refractivity contribution < 1.29 is 0 Å². The Labute approximate surface area is 129 Å². The number of anilines is 1. The molecule has 0 aromatic heterocycles. The maximum absolute atomic E-state index is 3.64. The van der Waals surface area contributed by atoms with Crippen molar-refractivity contribution in [2.45, 2.75) is 45.1 Å². The van der Waals surface area contributed by atoms with Gasteiger partial charge in [-0.2, -0.15) is 0 Å². The molecular weight excluding hydrogens is 258 g/mol. The van der Waals surface area contributed by atoms with E-state index in [1.165, 1.54) is 75.0 Å². The van der Waals surface area contributed by atoms with Crippen LogP contribution in [-0.4, -0.2) is 37.6 Å². The van der Waals surface area contributed by atoms with Gasteiger partial charge in [-0.15, -0.1) is 0 Å². The minimum atomic E-state index is 0.990. The first-order valence-corrected chi connectivity index (χ1v) is 8.71. The lowest BCUT2D eigenvalue weighted by Gasteiger charge is -2.22. The van der Waals surface area contributed by atoms with E-state index in [9.17, 15) is 0 Å². The van der Waals surface area contributed by atoms with Crippen molar-refractivity contribution in [2.75, 3.05) is 38.0 Å². The van der Waals surface area contributed by atoms with E-state index in [1.807, 2.05) is 0 Å². The van der Waals surface area contributed by atoms with E-state index in [0.717, 1.165) is 19.6 Å². The lowest BCUT2D eigenvalue weighted by atomic mass is 9.99. The van der Waals surface area contributed by atoms with Gasteiger partial charge in [0.1, 0.15) is 0 Å². The number of fused-ring (bicyclic) bond motifs is 1. The molecule has 116 valence electrons. The summed E-state index contributed by atoms with van der Waals surface area (Å²) in [6.45, 7) is 7.00. The molecule has 0 atom stereocenters. The highest BCUT2D eigenvalue weighted by Crippen LogP contribution is 2.25. The van der Waals surface area contributed by atoms with Gasteiger partial charge in [-0.25, -0.2) is 0 Å². The van der Waals surface area contributed by atoms with Crippen molar-refractivity contribution >= 4 is 5.69 Å². The van der Waals surface area contributed by atoms with Gasteiger partial charge in [-0.1, -0.05) is 31.0 Å². The Bertz CT molecular complexity index is 436. The summed E-state index contributed by atoms with van der Waals surface area (Å²) in [5.41, 5.74) is 4.32. The average Bonchev–Trinajstić information content (AvgIpc) is 2.80. The first-order valence-electron chi connectivity index (χ1n) is 8.71. The highest BCUT2D eigenvalue weighted by Gasteiger charge is 2.12. The third kappa shape index (κ3) is 4.21. The van der Waals surface area contributed by atoms with Gasteiger partial charge in [0.05, 0.1) is 0 Å². The standard InChI is InChI=1S/C18H29N3/c1-2-4-13-21(12-3-1)14-11-19-15-17-8-5-7-16-9-6-10-20-18(16)17/h5,7-8,19-20H,1-4,6,9-15H2. The average molecular weight is 287 g/mol. The van der Waals surface area contributed by atoms with Gasteiger partial charge < -0.3 is 15.5 Å². The van der Waals surface area contributed by atoms with E-state index >= 15 is 0 Å². The largest absolute Gasteiger partial charge is 0.385 e. The van der Waals surface area contributed by atoms with Crippen molar-refractivity contribution in [2.24, 2.45) is 0 Å². The van der Waals surface area contributed by atoms with E-state index in [0.29, 0.717) is 0 Å². The second kappa shape index (κ2) is 7.81. The molecule has 1 aromatic rings. The lowest BCUT2D eigenvalue weighted by molar-refractivity contribution is 0.284. The molecular formula is C18H29N3. The molecule has 3 rings (SSSR count). The molecule has 0 saturated carbocycles. The summed E-state index contributed by atoms with van der Waals surface area (Å²) in [6, 6.07) is 6.73. The number of rotatable bonds is 5. The summed E-state index contributed by atoms with van der Waals surface area (Å²) in [6.07, 6.45) is 8.10. The molecule has 0 bridgehead atoms. The number of hydrogen-bond donors (Lipinski definition) is 2. The van der Waals surface area contributed by atoms with Crippen molar-refractivity contribution in [3.05, 3.63) is 29.3 Å². The van der Waals surface area contributed by atoms with E-state index in [4.69, 9.17) is 0 Å². The zero-order chi connectivity index (χ0) is 14.3. The first-order chi connectivity index (χ1) is 10.4. The summed E-state index contributed by atoms with van der Waals surface area (Å²) in [4.78, 5) is 2.62. The van der Waals surface area contributed by atoms with Crippen LogP contribution in [0.1, 0.15) is 43.2 Å². The summed E-state index contributed by atoms with van der Waals surface area (Å²) in [5.74, 6) is 0. The van der Waals surface area contributed by atoms with Gasteiger partial charge in [0, 0.05) is 31.9 Å². The second-order valence-electron chi connectivity index (χ2n) is 6.41. The molecule has 2 heterocycles. The van der Waals surface area contributed by atoms with Gasteiger partial charge in [0.15, 0.2) is 0 Å². The number of para-hydroxylation sites is 1.